The predicted molar refractivity (Wildman–Crippen MR) is 51.4 cm³/mol. The lowest BCUT2D eigenvalue weighted by Gasteiger charge is -1.96. The van der Waals surface area contributed by atoms with Gasteiger partial charge in [0.15, 0.2) is 0 Å². The third-order valence-corrected chi connectivity index (χ3v) is 2.64. The average Bonchev–Trinajstić information content (AvgIpc) is 2.53. The van der Waals surface area contributed by atoms with Crippen molar-refractivity contribution >= 4 is 11.3 Å². The number of nitrogens with zero attached hydrogens (tertiary/aromatic N) is 1. The van der Waals surface area contributed by atoms with Crippen LogP contribution in [0.3, 0.4) is 0 Å². The van der Waals surface area contributed by atoms with Crippen molar-refractivity contribution in [1.29, 1.82) is 0 Å². The summed E-state index contributed by atoms with van der Waals surface area (Å²) in [5, 5.41) is 1.10. The molecule has 1 aromatic heterocycles. The number of thiazole rings is 1. The van der Waals surface area contributed by atoms with E-state index in [1.165, 1.54) is 4.88 Å². The Kier molecular flexibility index (Phi) is 4.25. The molecular weight excluding hydrogens is 170 g/mol. The maximum Gasteiger partial charge on any atom is 0.119 e. The van der Waals surface area contributed by atoms with E-state index >= 15 is 0 Å². The Morgan fingerprint density at radius 2 is 2.33 bits per heavy atom. The third-order valence-electron chi connectivity index (χ3n) is 1.52. The highest BCUT2D eigenvalue weighted by Crippen LogP contribution is 2.13. The van der Waals surface area contributed by atoms with Crippen molar-refractivity contribution in [2.45, 2.75) is 33.3 Å². The van der Waals surface area contributed by atoms with Gasteiger partial charge in [0.25, 0.3) is 0 Å². The quantitative estimate of drug-likeness (QED) is 0.658. The summed E-state index contributed by atoms with van der Waals surface area (Å²) in [7, 11) is 0. The first-order valence-corrected chi connectivity index (χ1v) is 5.19. The summed E-state index contributed by atoms with van der Waals surface area (Å²) in [6, 6.07) is 0. The molecule has 2 nitrogen and oxygen atoms in total. The van der Waals surface area contributed by atoms with Gasteiger partial charge in [0.1, 0.15) is 5.01 Å². The lowest BCUT2D eigenvalue weighted by molar-refractivity contribution is 0.121. The van der Waals surface area contributed by atoms with Crippen LogP contribution in [-0.4, -0.2) is 11.6 Å². The van der Waals surface area contributed by atoms with E-state index in [-0.39, 0.29) is 0 Å². The zero-order chi connectivity index (χ0) is 8.81. The second kappa shape index (κ2) is 5.27. The van der Waals surface area contributed by atoms with Crippen LogP contribution in [0.15, 0.2) is 6.20 Å². The molecule has 1 rings (SSSR count). The van der Waals surface area contributed by atoms with E-state index in [0.717, 1.165) is 24.5 Å². The molecular formula is C9H15NOS. The van der Waals surface area contributed by atoms with E-state index in [4.69, 9.17) is 4.74 Å². The first-order valence-electron chi connectivity index (χ1n) is 4.38. The molecule has 0 aliphatic heterocycles. The van der Waals surface area contributed by atoms with Crippen molar-refractivity contribution in [3.63, 3.8) is 0 Å². The monoisotopic (exact) mass is 185 g/mol. The van der Waals surface area contributed by atoms with Crippen LogP contribution in [0.5, 0.6) is 0 Å². The fourth-order valence-electron chi connectivity index (χ4n) is 0.882. The average molecular weight is 185 g/mol. The second-order valence-corrected chi connectivity index (χ2v) is 3.83. The first-order chi connectivity index (χ1) is 5.86. The fraction of sp³-hybridized carbons (Fsp3) is 0.667. The molecule has 0 saturated heterocycles. The summed E-state index contributed by atoms with van der Waals surface area (Å²) in [5.41, 5.74) is 0. The van der Waals surface area contributed by atoms with Crippen molar-refractivity contribution in [3.05, 3.63) is 16.1 Å². The van der Waals surface area contributed by atoms with E-state index in [2.05, 4.69) is 18.8 Å². The molecule has 0 fully saturated rings. The zero-order valence-electron chi connectivity index (χ0n) is 7.67. The number of aryl methyl sites for hydroxylation is 1. The van der Waals surface area contributed by atoms with Crippen molar-refractivity contribution in [3.8, 4) is 0 Å². The maximum atomic E-state index is 5.37. The highest BCUT2D eigenvalue weighted by Gasteiger charge is 1.99. The zero-order valence-corrected chi connectivity index (χ0v) is 8.49. The number of rotatable bonds is 5. The van der Waals surface area contributed by atoms with Gasteiger partial charge in [0.05, 0.1) is 6.61 Å². The van der Waals surface area contributed by atoms with Gasteiger partial charge >= 0.3 is 0 Å². The van der Waals surface area contributed by atoms with Crippen LogP contribution in [0.25, 0.3) is 0 Å². The van der Waals surface area contributed by atoms with E-state index in [1.807, 2.05) is 6.20 Å². The van der Waals surface area contributed by atoms with Gasteiger partial charge in [-0.25, -0.2) is 4.98 Å². The minimum Gasteiger partial charge on any atom is -0.374 e. The Hall–Kier alpha value is -0.410. The van der Waals surface area contributed by atoms with Gasteiger partial charge in [-0.3, -0.25) is 0 Å². The van der Waals surface area contributed by atoms with Gasteiger partial charge in [-0.05, 0) is 12.8 Å². The first kappa shape index (κ1) is 9.68. The second-order valence-electron chi connectivity index (χ2n) is 2.63. The largest absolute Gasteiger partial charge is 0.374 e. The SMILES string of the molecule is CCCOCc1ncc(CC)s1. The fourth-order valence-corrected chi connectivity index (χ4v) is 1.68. The summed E-state index contributed by atoms with van der Waals surface area (Å²) in [5.74, 6) is 0. The number of hydrogen-bond acceptors (Lipinski definition) is 3. The molecule has 0 saturated carbocycles. The molecule has 0 unspecified atom stereocenters. The van der Waals surface area contributed by atoms with E-state index in [1.54, 1.807) is 11.3 Å². The Bertz CT molecular complexity index is 222. The maximum absolute atomic E-state index is 5.37. The summed E-state index contributed by atoms with van der Waals surface area (Å²) in [6.07, 6.45) is 4.09. The van der Waals surface area contributed by atoms with Gasteiger partial charge in [0.2, 0.25) is 0 Å². The standard InChI is InChI=1S/C9H15NOS/c1-3-5-11-7-9-10-6-8(4-2)12-9/h6H,3-5,7H2,1-2H3. The molecule has 0 amide bonds. The molecule has 0 atom stereocenters. The van der Waals surface area contributed by atoms with Gasteiger partial charge < -0.3 is 4.74 Å². The molecule has 0 bridgehead atoms. The van der Waals surface area contributed by atoms with E-state index in [0.29, 0.717) is 6.61 Å². The summed E-state index contributed by atoms with van der Waals surface area (Å²) >= 11 is 1.75. The van der Waals surface area contributed by atoms with Crippen molar-refractivity contribution in [2.75, 3.05) is 6.61 Å². The smallest absolute Gasteiger partial charge is 0.119 e. The Morgan fingerprint density at radius 1 is 1.50 bits per heavy atom. The normalized spacial score (nSPS) is 10.5. The van der Waals surface area contributed by atoms with E-state index < -0.39 is 0 Å². The predicted octanol–water partition coefficient (Wildman–Crippen LogP) is 2.63. The van der Waals surface area contributed by atoms with Gasteiger partial charge in [-0.1, -0.05) is 13.8 Å². The Labute approximate surface area is 77.6 Å². The molecule has 0 aliphatic carbocycles. The number of hydrogen-bond donors (Lipinski definition) is 0. The van der Waals surface area contributed by atoms with Crippen molar-refractivity contribution < 1.29 is 4.74 Å². The van der Waals surface area contributed by atoms with Crippen LogP contribution in [0.1, 0.15) is 30.2 Å². The van der Waals surface area contributed by atoms with Gasteiger partial charge in [0, 0.05) is 17.7 Å². The van der Waals surface area contributed by atoms with Gasteiger partial charge in [-0.2, -0.15) is 0 Å². The van der Waals surface area contributed by atoms with Crippen LogP contribution in [0.4, 0.5) is 0 Å². The number of aromatic nitrogens is 1. The minimum atomic E-state index is 0.679. The molecule has 0 N–H and O–H groups in total. The summed E-state index contributed by atoms with van der Waals surface area (Å²) < 4.78 is 5.37. The molecule has 3 heteroatoms. The molecule has 0 radical (unpaired) electrons. The molecule has 0 aromatic carbocycles. The molecule has 1 aromatic rings. The van der Waals surface area contributed by atoms with Crippen molar-refractivity contribution in [2.24, 2.45) is 0 Å². The topological polar surface area (TPSA) is 22.1 Å². The van der Waals surface area contributed by atoms with Crippen LogP contribution in [0, 0.1) is 0 Å². The lowest BCUT2D eigenvalue weighted by Crippen LogP contribution is -1.92. The Balaban J connectivity index is 2.31. The molecule has 0 aliphatic rings. The van der Waals surface area contributed by atoms with Crippen molar-refractivity contribution in [1.82, 2.24) is 4.98 Å². The van der Waals surface area contributed by atoms with Crippen LogP contribution < -0.4 is 0 Å². The summed E-state index contributed by atoms with van der Waals surface area (Å²) in [4.78, 5) is 5.59. The number of ether oxygens (including phenoxy) is 1. The molecule has 12 heavy (non-hydrogen) atoms. The van der Waals surface area contributed by atoms with Crippen LogP contribution in [-0.2, 0) is 17.8 Å². The molecule has 68 valence electrons. The lowest BCUT2D eigenvalue weighted by atomic mass is 10.4. The third kappa shape index (κ3) is 2.91. The van der Waals surface area contributed by atoms with Crippen LogP contribution >= 0.6 is 11.3 Å². The molecule has 1 heterocycles. The highest BCUT2D eigenvalue weighted by molar-refractivity contribution is 7.11. The summed E-state index contributed by atoms with van der Waals surface area (Å²) in [6.45, 7) is 5.77. The van der Waals surface area contributed by atoms with Crippen LogP contribution in [0.2, 0.25) is 0 Å². The minimum absolute atomic E-state index is 0.679. The van der Waals surface area contributed by atoms with Gasteiger partial charge in [-0.15, -0.1) is 11.3 Å². The highest BCUT2D eigenvalue weighted by atomic mass is 32.1. The Morgan fingerprint density at radius 3 is 2.92 bits per heavy atom. The molecule has 0 spiro atoms. The van der Waals surface area contributed by atoms with E-state index in [9.17, 15) is 0 Å².